The minimum atomic E-state index is -0.783. The third-order valence-corrected chi connectivity index (χ3v) is 4.50. The Bertz CT molecular complexity index is 312. The number of likely N-dealkylation sites (N-methyl/N-ethyl adjacent to an activating group) is 1. The lowest BCUT2D eigenvalue weighted by molar-refractivity contribution is -0.135. The van der Waals surface area contributed by atoms with E-state index in [1.807, 2.05) is 13.8 Å². The Kier molecular flexibility index (Phi) is 7.32. The highest BCUT2D eigenvalue weighted by atomic mass is 32.1. The molecule has 6 heteroatoms. The average Bonchev–Trinajstić information content (AvgIpc) is 2.37. The molecule has 4 nitrogen and oxygen atoms in total. The van der Waals surface area contributed by atoms with Crippen molar-refractivity contribution in [3.8, 4) is 0 Å². The summed E-state index contributed by atoms with van der Waals surface area (Å²) in [7, 11) is 1.57. The molecule has 0 aromatic heterocycles. The fraction of sp³-hybridized carbons (Fsp3) is 0.833. The molecule has 0 aliphatic carbocycles. The van der Waals surface area contributed by atoms with Gasteiger partial charge in [0.25, 0.3) is 0 Å². The number of Topliss-reactive ketones (excluding diaryl/α,β-unsaturated/α-hetero) is 1. The summed E-state index contributed by atoms with van der Waals surface area (Å²) >= 11 is 8.42. The second-order valence-electron chi connectivity index (χ2n) is 4.92. The lowest BCUT2D eigenvalue weighted by Crippen LogP contribution is -2.54. The van der Waals surface area contributed by atoms with Gasteiger partial charge in [-0.3, -0.25) is 9.59 Å². The van der Waals surface area contributed by atoms with E-state index in [-0.39, 0.29) is 18.1 Å². The summed E-state index contributed by atoms with van der Waals surface area (Å²) in [6, 6.07) is 0. The van der Waals surface area contributed by atoms with Gasteiger partial charge in [0, 0.05) is 25.0 Å². The van der Waals surface area contributed by atoms with Gasteiger partial charge in [-0.25, -0.2) is 0 Å². The third-order valence-electron chi connectivity index (χ3n) is 3.17. The molecule has 0 radical (unpaired) electrons. The van der Waals surface area contributed by atoms with Crippen LogP contribution in [0.3, 0.4) is 0 Å². The Balaban J connectivity index is 4.95. The van der Waals surface area contributed by atoms with Crippen LogP contribution in [0, 0.1) is 5.41 Å². The van der Waals surface area contributed by atoms with Crippen LogP contribution in [0.5, 0.6) is 0 Å². The summed E-state index contributed by atoms with van der Waals surface area (Å²) in [5.74, 6) is 0.548. The highest BCUT2D eigenvalue weighted by Gasteiger charge is 2.39. The van der Waals surface area contributed by atoms with E-state index >= 15 is 0 Å². The molecule has 106 valence electrons. The van der Waals surface area contributed by atoms with Crippen molar-refractivity contribution in [1.82, 2.24) is 10.6 Å². The van der Waals surface area contributed by atoms with Crippen LogP contribution in [-0.2, 0) is 9.59 Å². The van der Waals surface area contributed by atoms with Crippen LogP contribution >= 0.6 is 25.3 Å². The topological polar surface area (TPSA) is 58.2 Å². The summed E-state index contributed by atoms with van der Waals surface area (Å²) in [5.41, 5.74) is -1.48. The van der Waals surface area contributed by atoms with E-state index in [2.05, 4.69) is 35.9 Å². The van der Waals surface area contributed by atoms with Crippen molar-refractivity contribution in [3.05, 3.63) is 0 Å². The Morgan fingerprint density at radius 3 is 2.06 bits per heavy atom. The summed E-state index contributed by atoms with van der Waals surface area (Å²) < 4.78 is 0. The maximum atomic E-state index is 12.4. The summed E-state index contributed by atoms with van der Waals surface area (Å²) in [6.45, 7) is 6.18. The van der Waals surface area contributed by atoms with Crippen molar-refractivity contribution in [1.29, 1.82) is 0 Å². The molecule has 0 bridgehead atoms. The standard InChI is InChI=1S/C12H24N2O2S2/c1-5-14-12(3,8-18)9(15)6-11(2,7-17)10(16)13-4/h14,17-18H,5-8H2,1-4H3,(H,13,16)/t11-,12-/m1/s1. The van der Waals surface area contributed by atoms with Crippen LogP contribution in [0.2, 0.25) is 0 Å². The molecule has 2 N–H and O–H groups in total. The first kappa shape index (κ1) is 17.8. The van der Waals surface area contributed by atoms with Gasteiger partial charge in [0.15, 0.2) is 5.78 Å². The molecule has 0 rings (SSSR count). The monoisotopic (exact) mass is 292 g/mol. The number of hydrogen-bond donors (Lipinski definition) is 4. The van der Waals surface area contributed by atoms with Gasteiger partial charge in [0.05, 0.1) is 11.0 Å². The summed E-state index contributed by atoms with van der Waals surface area (Å²) in [4.78, 5) is 24.2. The average molecular weight is 292 g/mol. The SMILES string of the molecule is CCN[C@](C)(CS)C(=O)C[C@](C)(CS)C(=O)NC. The minimum Gasteiger partial charge on any atom is -0.359 e. The molecule has 2 atom stereocenters. The smallest absolute Gasteiger partial charge is 0.226 e. The molecule has 1 amide bonds. The first-order valence-corrected chi connectivity index (χ1v) is 7.28. The largest absolute Gasteiger partial charge is 0.359 e. The zero-order chi connectivity index (χ0) is 14.4. The quantitative estimate of drug-likeness (QED) is 0.503. The number of hydrogen-bond acceptors (Lipinski definition) is 5. The van der Waals surface area contributed by atoms with Crippen LogP contribution in [0.25, 0.3) is 0 Å². The van der Waals surface area contributed by atoms with Gasteiger partial charge in [-0.1, -0.05) is 6.92 Å². The maximum absolute atomic E-state index is 12.4. The Morgan fingerprint density at radius 1 is 1.17 bits per heavy atom. The van der Waals surface area contributed by atoms with Crippen LogP contribution in [0.4, 0.5) is 0 Å². The molecule has 0 spiro atoms. The predicted molar refractivity (Wildman–Crippen MR) is 81.6 cm³/mol. The lowest BCUT2D eigenvalue weighted by atomic mass is 9.81. The maximum Gasteiger partial charge on any atom is 0.226 e. The molecule has 0 aromatic rings. The van der Waals surface area contributed by atoms with Crippen LogP contribution in [-0.4, -0.2) is 42.3 Å². The van der Waals surface area contributed by atoms with Gasteiger partial charge in [0.2, 0.25) is 5.91 Å². The van der Waals surface area contributed by atoms with Crippen LogP contribution in [0.15, 0.2) is 0 Å². The molecule has 18 heavy (non-hydrogen) atoms. The van der Waals surface area contributed by atoms with Gasteiger partial charge in [0.1, 0.15) is 0 Å². The number of rotatable bonds is 8. The summed E-state index contributed by atoms with van der Waals surface area (Å²) in [6.07, 6.45) is 0.153. The molecule has 0 unspecified atom stereocenters. The van der Waals surface area contributed by atoms with Crippen molar-refractivity contribution in [2.75, 3.05) is 25.1 Å². The number of carbonyl (C=O) groups excluding carboxylic acids is 2. The Hall–Kier alpha value is -0.200. The van der Waals surface area contributed by atoms with Gasteiger partial charge in [-0.05, 0) is 20.4 Å². The van der Waals surface area contributed by atoms with E-state index in [1.165, 1.54) is 0 Å². The van der Waals surface area contributed by atoms with Crippen molar-refractivity contribution in [3.63, 3.8) is 0 Å². The second kappa shape index (κ2) is 7.40. The van der Waals surface area contributed by atoms with Crippen molar-refractivity contribution >= 4 is 36.9 Å². The molecular weight excluding hydrogens is 268 g/mol. The molecule has 0 heterocycles. The van der Waals surface area contributed by atoms with E-state index in [9.17, 15) is 9.59 Å². The first-order chi connectivity index (χ1) is 8.29. The minimum absolute atomic E-state index is 0.0144. The lowest BCUT2D eigenvalue weighted by Gasteiger charge is -2.32. The van der Waals surface area contributed by atoms with Crippen molar-refractivity contribution in [2.45, 2.75) is 32.7 Å². The number of nitrogens with one attached hydrogen (secondary N) is 2. The van der Waals surface area contributed by atoms with E-state index in [0.717, 1.165) is 0 Å². The number of carbonyl (C=O) groups is 2. The fourth-order valence-corrected chi connectivity index (χ4v) is 2.24. The van der Waals surface area contributed by atoms with E-state index < -0.39 is 11.0 Å². The zero-order valence-electron chi connectivity index (χ0n) is 11.5. The third kappa shape index (κ3) is 4.17. The highest BCUT2D eigenvalue weighted by molar-refractivity contribution is 7.80. The first-order valence-electron chi connectivity index (χ1n) is 6.02. The molecule has 0 aromatic carbocycles. The zero-order valence-corrected chi connectivity index (χ0v) is 13.3. The van der Waals surface area contributed by atoms with Crippen LogP contribution in [0.1, 0.15) is 27.2 Å². The predicted octanol–water partition coefficient (Wildman–Crippen LogP) is 0.926. The highest BCUT2D eigenvalue weighted by Crippen LogP contribution is 2.27. The van der Waals surface area contributed by atoms with E-state index in [1.54, 1.807) is 14.0 Å². The molecular formula is C12H24N2O2S2. The van der Waals surface area contributed by atoms with Gasteiger partial charge >= 0.3 is 0 Å². The summed E-state index contributed by atoms with van der Waals surface area (Å²) in [5, 5.41) is 5.71. The molecule has 0 fully saturated rings. The number of thiol groups is 2. The Morgan fingerprint density at radius 2 is 1.72 bits per heavy atom. The Labute approximate surface area is 120 Å². The fourth-order valence-electron chi connectivity index (χ4n) is 1.69. The van der Waals surface area contributed by atoms with Gasteiger partial charge in [-0.15, -0.1) is 0 Å². The van der Waals surface area contributed by atoms with Gasteiger partial charge in [-0.2, -0.15) is 25.3 Å². The normalized spacial score (nSPS) is 17.7. The van der Waals surface area contributed by atoms with E-state index in [4.69, 9.17) is 0 Å². The van der Waals surface area contributed by atoms with Crippen LogP contribution < -0.4 is 10.6 Å². The van der Waals surface area contributed by atoms with E-state index in [0.29, 0.717) is 18.1 Å². The molecule has 0 saturated carbocycles. The van der Waals surface area contributed by atoms with Crippen molar-refractivity contribution in [2.24, 2.45) is 5.41 Å². The number of amides is 1. The van der Waals surface area contributed by atoms with Crippen molar-refractivity contribution < 1.29 is 9.59 Å². The molecule has 0 aliphatic heterocycles. The molecule has 0 aliphatic rings. The molecule has 0 saturated heterocycles. The van der Waals surface area contributed by atoms with Gasteiger partial charge < -0.3 is 10.6 Å². The number of ketones is 1. The second-order valence-corrected chi connectivity index (χ2v) is 5.55.